The Morgan fingerprint density at radius 2 is 2.29 bits per heavy atom. The second kappa shape index (κ2) is 4.61. The van der Waals surface area contributed by atoms with Gasteiger partial charge < -0.3 is 21.8 Å². The van der Waals surface area contributed by atoms with Gasteiger partial charge in [0.15, 0.2) is 0 Å². The molecule has 0 fully saturated rings. The van der Waals surface area contributed by atoms with Gasteiger partial charge in [0.05, 0.1) is 0 Å². The molecule has 2 aromatic rings. The molecule has 0 aliphatic carbocycles. The molecule has 6 N–H and O–H groups in total. The average molecular weight is 230 g/mol. The van der Waals surface area contributed by atoms with Crippen molar-refractivity contribution < 1.29 is 4.79 Å². The minimum absolute atomic E-state index is 0.566. The standard InChI is InChI=1S/C12H14N4O/c13-5-1-2-8-7-15-11-4-3-9(6-10(8)11)16-12(14)17/h1,3-7,15H,2,13H2,(H3,14,16,17). The van der Waals surface area contributed by atoms with Gasteiger partial charge in [-0.3, -0.25) is 0 Å². The number of amides is 2. The molecule has 5 nitrogen and oxygen atoms in total. The van der Waals surface area contributed by atoms with E-state index in [9.17, 15) is 4.79 Å². The fourth-order valence-corrected chi connectivity index (χ4v) is 1.76. The number of H-pyrrole nitrogens is 1. The second-order valence-corrected chi connectivity index (χ2v) is 3.70. The topological polar surface area (TPSA) is 96.9 Å². The second-order valence-electron chi connectivity index (χ2n) is 3.70. The van der Waals surface area contributed by atoms with Crippen molar-refractivity contribution in [3.8, 4) is 0 Å². The third kappa shape index (κ3) is 2.39. The highest BCUT2D eigenvalue weighted by atomic mass is 16.2. The maximum Gasteiger partial charge on any atom is 0.316 e. The first kappa shape index (κ1) is 11.1. The molecule has 2 rings (SSSR count). The summed E-state index contributed by atoms with van der Waals surface area (Å²) in [4.78, 5) is 13.9. The monoisotopic (exact) mass is 230 g/mol. The lowest BCUT2D eigenvalue weighted by molar-refractivity contribution is 0.259. The number of nitrogens with two attached hydrogens (primary N) is 2. The van der Waals surface area contributed by atoms with Gasteiger partial charge in [-0.15, -0.1) is 0 Å². The lowest BCUT2D eigenvalue weighted by Gasteiger charge is -2.02. The van der Waals surface area contributed by atoms with Crippen LogP contribution in [0.2, 0.25) is 0 Å². The Morgan fingerprint density at radius 1 is 1.47 bits per heavy atom. The normalized spacial score (nSPS) is 11.1. The zero-order valence-corrected chi connectivity index (χ0v) is 9.23. The summed E-state index contributed by atoms with van der Waals surface area (Å²) < 4.78 is 0. The first-order chi connectivity index (χ1) is 8.20. The molecule has 1 aromatic carbocycles. The van der Waals surface area contributed by atoms with Crippen molar-refractivity contribution in [1.29, 1.82) is 0 Å². The van der Waals surface area contributed by atoms with E-state index >= 15 is 0 Å². The quantitative estimate of drug-likeness (QED) is 0.645. The van der Waals surface area contributed by atoms with Crippen LogP contribution in [-0.2, 0) is 6.42 Å². The summed E-state index contributed by atoms with van der Waals surface area (Å²) in [5, 5.41) is 3.60. The number of aromatic nitrogens is 1. The van der Waals surface area contributed by atoms with Crippen molar-refractivity contribution in [3.63, 3.8) is 0 Å². The molecule has 0 radical (unpaired) electrons. The van der Waals surface area contributed by atoms with Gasteiger partial charge in [-0.25, -0.2) is 4.79 Å². The minimum atomic E-state index is -0.566. The van der Waals surface area contributed by atoms with E-state index in [0.717, 1.165) is 22.9 Å². The van der Waals surface area contributed by atoms with Gasteiger partial charge in [-0.1, -0.05) is 6.08 Å². The SMILES string of the molecule is NC=CCc1c[nH]c2ccc(NC(N)=O)cc12. The van der Waals surface area contributed by atoms with Crippen molar-refractivity contribution in [1.82, 2.24) is 4.98 Å². The predicted octanol–water partition coefficient (Wildman–Crippen LogP) is 1.67. The van der Waals surface area contributed by atoms with Crippen molar-refractivity contribution in [2.45, 2.75) is 6.42 Å². The summed E-state index contributed by atoms with van der Waals surface area (Å²) in [5.41, 5.74) is 13.2. The highest BCUT2D eigenvalue weighted by Crippen LogP contribution is 2.22. The zero-order valence-electron chi connectivity index (χ0n) is 9.23. The summed E-state index contributed by atoms with van der Waals surface area (Å²) >= 11 is 0. The van der Waals surface area contributed by atoms with Crippen LogP contribution >= 0.6 is 0 Å². The van der Waals surface area contributed by atoms with Gasteiger partial charge in [0, 0.05) is 22.8 Å². The number of carbonyl (C=O) groups excluding carboxylic acids is 1. The van der Waals surface area contributed by atoms with Crippen LogP contribution in [0.3, 0.4) is 0 Å². The van der Waals surface area contributed by atoms with Crippen molar-refractivity contribution in [2.75, 3.05) is 5.32 Å². The van der Waals surface area contributed by atoms with Crippen molar-refractivity contribution in [2.24, 2.45) is 11.5 Å². The lowest BCUT2D eigenvalue weighted by Crippen LogP contribution is -2.19. The Balaban J connectivity index is 2.39. The largest absolute Gasteiger partial charge is 0.405 e. The number of hydrogen-bond acceptors (Lipinski definition) is 2. The molecule has 0 spiro atoms. The van der Waals surface area contributed by atoms with Crippen LogP contribution in [0.4, 0.5) is 10.5 Å². The summed E-state index contributed by atoms with van der Waals surface area (Å²) in [7, 11) is 0. The van der Waals surface area contributed by atoms with Crippen LogP contribution < -0.4 is 16.8 Å². The van der Waals surface area contributed by atoms with Crippen LogP contribution in [0.25, 0.3) is 10.9 Å². The summed E-state index contributed by atoms with van der Waals surface area (Å²) in [6.07, 6.45) is 6.07. The number of anilines is 1. The van der Waals surface area contributed by atoms with Gasteiger partial charge in [0.1, 0.15) is 0 Å². The molecule has 0 atom stereocenters. The Kier molecular flexibility index (Phi) is 3.00. The molecular formula is C12H14N4O. The molecule has 5 heteroatoms. The smallest absolute Gasteiger partial charge is 0.316 e. The van der Waals surface area contributed by atoms with Crippen LogP contribution in [0, 0.1) is 0 Å². The number of allylic oxidation sites excluding steroid dienone is 1. The summed E-state index contributed by atoms with van der Waals surface area (Å²) in [6.45, 7) is 0. The van der Waals surface area contributed by atoms with Crippen LogP contribution in [0.1, 0.15) is 5.56 Å². The lowest BCUT2D eigenvalue weighted by atomic mass is 10.1. The molecule has 1 heterocycles. The zero-order chi connectivity index (χ0) is 12.3. The van der Waals surface area contributed by atoms with E-state index in [1.807, 2.05) is 24.4 Å². The number of hydrogen-bond donors (Lipinski definition) is 4. The van der Waals surface area contributed by atoms with Gasteiger partial charge in [-0.05, 0) is 36.4 Å². The molecular weight excluding hydrogens is 216 g/mol. The van der Waals surface area contributed by atoms with E-state index in [1.54, 1.807) is 6.07 Å². The first-order valence-electron chi connectivity index (χ1n) is 5.24. The first-order valence-corrected chi connectivity index (χ1v) is 5.24. The van der Waals surface area contributed by atoms with E-state index in [2.05, 4.69) is 10.3 Å². The van der Waals surface area contributed by atoms with Crippen LogP contribution in [-0.4, -0.2) is 11.0 Å². The van der Waals surface area contributed by atoms with Gasteiger partial charge in [0.25, 0.3) is 0 Å². The number of primary amides is 1. The van der Waals surface area contributed by atoms with Gasteiger partial charge in [-0.2, -0.15) is 0 Å². The number of fused-ring (bicyclic) bond motifs is 1. The molecule has 17 heavy (non-hydrogen) atoms. The molecule has 0 unspecified atom stereocenters. The Bertz CT molecular complexity index is 571. The molecule has 1 aromatic heterocycles. The number of urea groups is 1. The Labute approximate surface area is 98.5 Å². The third-order valence-corrected chi connectivity index (χ3v) is 2.51. The Hall–Kier alpha value is -2.43. The highest BCUT2D eigenvalue weighted by molar-refractivity contribution is 5.93. The van der Waals surface area contributed by atoms with E-state index < -0.39 is 6.03 Å². The van der Waals surface area contributed by atoms with Gasteiger partial charge >= 0.3 is 6.03 Å². The maximum absolute atomic E-state index is 10.8. The fourth-order valence-electron chi connectivity index (χ4n) is 1.76. The number of aromatic amines is 1. The number of nitrogens with one attached hydrogen (secondary N) is 2. The molecule has 88 valence electrons. The Morgan fingerprint density at radius 3 is 3.00 bits per heavy atom. The predicted molar refractivity (Wildman–Crippen MR) is 68.5 cm³/mol. The van der Waals surface area contributed by atoms with E-state index in [4.69, 9.17) is 11.5 Å². The number of carbonyl (C=O) groups is 1. The molecule has 0 aliphatic rings. The number of rotatable bonds is 3. The highest BCUT2D eigenvalue weighted by Gasteiger charge is 2.04. The molecule has 2 amide bonds. The van der Waals surface area contributed by atoms with Crippen molar-refractivity contribution >= 4 is 22.6 Å². The van der Waals surface area contributed by atoms with Crippen LogP contribution in [0.15, 0.2) is 36.7 Å². The third-order valence-electron chi connectivity index (χ3n) is 2.51. The molecule has 0 bridgehead atoms. The summed E-state index contributed by atoms with van der Waals surface area (Å²) in [5.74, 6) is 0. The fraction of sp³-hybridized carbons (Fsp3) is 0.0833. The maximum atomic E-state index is 10.8. The van der Waals surface area contributed by atoms with E-state index in [-0.39, 0.29) is 0 Å². The van der Waals surface area contributed by atoms with Gasteiger partial charge in [0.2, 0.25) is 0 Å². The average Bonchev–Trinajstić information content (AvgIpc) is 2.68. The minimum Gasteiger partial charge on any atom is -0.405 e. The molecule has 0 saturated heterocycles. The summed E-state index contributed by atoms with van der Waals surface area (Å²) in [6, 6.07) is 5.02. The van der Waals surface area contributed by atoms with E-state index in [0.29, 0.717) is 5.69 Å². The van der Waals surface area contributed by atoms with Crippen LogP contribution in [0.5, 0.6) is 0 Å². The number of benzene rings is 1. The van der Waals surface area contributed by atoms with Crippen molar-refractivity contribution in [3.05, 3.63) is 42.2 Å². The van der Waals surface area contributed by atoms with E-state index in [1.165, 1.54) is 6.20 Å². The molecule has 0 aliphatic heterocycles. The molecule has 0 saturated carbocycles.